The van der Waals surface area contributed by atoms with Crippen LogP contribution in [0.4, 0.5) is 29.3 Å². The minimum Gasteiger partial charge on any atom is -0.475 e. The highest BCUT2D eigenvalue weighted by molar-refractivity contribution is 5.94. The van der Waals surface area contributed by atoms with Crippen LogP contribution in [0.1, 0.15) is 38.7 Å². The van der Waals surface area contributed by atoms with Gasteiger partial charge < -0.3 is 25.4 Å². The summed E-state index contributed by atoms with van der Waals surface area (Å²) in [5, 5.41) is 13.0. The lowest BCUT2D eigenvalue weighted by Crippen LogP contribution is -2.53. The van der Waals surface area contributed by atoms with Crippen molar-refractivity contribution in [3.05, 3.63) is 54.4 Å². The zero-order chi connectivity index (χ0) is 27.9. The number of piperidine rings is 1. The largest absolute Gasteiger partial charge is 0.490 e. The van der Waals surface area contributed by atoms with Gasteiger partial charge in [0.1, 0.15) is 6.10 Å². The van der Waals surface area contributed by atoms with Crippen molar-refractivity contribution in [2.45, 2.75) is 57.4 Å². The summed E-state index contributed by atoms with van der Waals surface area (Å²) in [7, 11) is 0. The predicted octanol–water partition coefficient (Wildman–Crippen LogP) is 4.71. The highest BCUT2D eigenvalue weighted by atomic mass is 19.4. The highest BCUT2D eigenvalue weighted by Gasteiger charge is 2.49. The quantitative estimate of drug-likeness (QED) is 0.521. The van der Waals surface area contributed by atoms with Crippen molar-refractivity contribution in [2.75, 3.05) is 23.7 Å². The zero-order valence-corrected chi connectivity index (χ0v) is 21.1. The molecule has 2 aromatic rings. The smallest absolute Gasteiger partial charge is 0.475 e. The third-order valence-corrected chi connectivity index (χ3v) is 6.77. The summed E-state index contributed by atoms with van der Waals surface area (Å²) in [4.78, 5) is 40.1. The summed E-state index contributed by atoms with van der Waals surface area (Å²) in [5.74, 6) is -2.74. The average Bonchev–Trinajstić information content (AvgIpc) is 3.32. The van der Waals surface area contributed by atoms with Crippen LogP contribution in [-0.2, 0) is 20.7 Å². The summed E-state index contributed by atoms with van der Waals surface area (Å²) in [5.41, 5.74) is 2.37. The highest BCUT2D eigenvalue weighted by Crippen LogP contribution is 2.42. The van der Waals surface area contributed by atoms with Gasteiger partial charge in [0.05, 0.1) is 17.5 Å². The van der Waals surface area contributed by atoms with Crippen molar-refractivity contribution in [3.8, 4) is 0 Å². The number of likely N-dealkylation sites (tertiary alicyclic amines) is 1. The first kappa shape index (κ1) is 28.9. The number of halogens is 3. The molecule has 3 heterocycles. The number of nitrogens with zero attached hydrogens (tertiary/aromatic N) is 2. The van der Waals surface area contributed by atoms with E-state index in [4.69, 9.17) is 14.6 Å². The van der Waals surface area contributed by atoms with Gasteiger partial charge in [-0.1, -0.05) is 26.0 Å². The Morgan fingerprint density at radius 2 is 1.82 bits per heavy atom. The van der Waals surface area contributed by atoms with Crippen LogP contribution in [0.5, 0.6) is 0 Å². The number of carboxylic acid groups (broad SMARTS) is 1. The van der Waals surface area contributed by atoms with Crippen molar-refractivity contribution in [1.82, 2.24) is 9.88 Å². The van der Waals surface area contributed by atoms with Gasteiger partial charge in [-0.25, -0.2) is 9.59 Å². The van der Waals surface area contributed by atoms with E-state index in [0.717, 1.165) is 24.9 Å². The summed E-state index contributed by atoms with van der Waals surface area (Å²) in [6.45, 7) is 5.43. The van der Waals surface area contributed by atoms with E-state index >= 15 is 0 Å². The Morgan fingerprint density at radius 3 is 2.37 bits per heavy atom. The molecule has 0 radical (unpaired) electrons. The fourth-order valence-corrected chi connectivity index (χ4v) is 4.54. The molecule has 9 nitrogen and oxygen atoms in total. The number of hydrogen-bond acceptors (Lipinski definition) is 5. The average molecular weight is 537 g/mol. The summed E-state index contributed by atoms with van der Waals surface area (Å²) in [6.07, 6.45) is 0.953. The molecule has 206 valence electrons. The van der Waals surface area contributed by atoms with Crippen molar-refractivity contribution in [2.24, 2.45) is 5.92 Å². The van der Waals surface area contributed by atoms with Gasteiger partial charge in [-0.2, -0.15) is 13.2 Å². The summed E-state index contributed by atoms with van der Waals surface area (Å²) >= 11 is 0. The third kappa shape index (κ3) is 7.44. The van der Waals surface area contributed by atoms with E-state index in [1.165, 1.54) is 5.56 Å². The number of carbonyl (C=O) groups excluding carboxylic acids is 2. The molecule has 2 saturated heterocycles. The first-order valence-corrected chi connectivity index (χ1v) is 12.3. The molecule has 1 spiro atoms. The minimum atomic E-state index is -5.08. The maximum Gasteiger partial charge on any atom is 0.490 e. The van der Waals surface area contributed by atoms with Crippen LogP contribution in [0.15, 0.2) is 48.8 Å². The van der Waals surface area contributed by atoms with E-state index in [9.17, 15) is 22.8 Å². The van der Waals surface area contributed by atoms with Gasteiger partial charge >= 0.3 is 18.2 Å². The number of anilines is 2. The molecule has 0 aliphatic carbocycles. The number of carboxylic acids is 1. The number of amides is 3. The Balaban J connectivity index is 0.000000505. The van der Waals surface area contributed by atoms with Crippen molar-refractivity contribution in [1.29, 1.82) is 0 Å². The molecule has 3 atom stereocenters. The Morgan fingerprint density at radius 1 is 1.13 bits per heavy atom. The molecule has 1 aromatic carbocycles. The number of carbonyl (C=O) groups is 3. The molecule has 2 aliphatic rings. The lowest BCUT2D eigenvalue weighted by atomic mass is 9.80. The molecule has 3 N–H and O–H groups in total. The number of urea groups is 1. The number of hydrogen-bond donors (Lipinski definition) is 3. The number of aliphatic carboxylic acids is 1. The summed E-state index contributed by atoms with van der Waals surface area (Å²) in [6, 6.07) is 11.5. The van der Waals surface area contributed by atoms with Crippen LogP contribution < -0.4 is 10.6 Å². The van der Waals surface area contributed by atoms with Crippen molar-refractivity contribution < 1.29 is 37.4 Å². The van der Waals surface area contributed by atoms with E-state index in [1.54, 1.807) is 18.5 Å². The molecular formula is C26H31F3N4O5. The molecule has 12 heteroatoms. The fourth-order valence-electron chi connectivity index (χ4n) is 4.54. The number of rotatable bonds is 4. The number of aryl methyl sites for hydroxylation is 1. The number of benzene rings is 1. The normalized spacial score (nSPS) is 22.8. The van der Waals surface area contributed by atoms with Gasteiger partial charge in [-0.3, -0.25) is 9.78 Å². The lowest BCUT2D eigenvalue weighted by molar-refractivity contribution is -0.192. The number of pyridine rings is 1. The predicted molar refractivity (Wildman–Crippen MR) is 134 cm³/mol. The maximum absolute atomic E-state index is 12.8. The molecule has 0 saturated carbocycles. The van der Waals surface area contributed by atoms with E-state index < -0.39 is 18.2 Å². The first-order chi connectivity index (χ1) is 17.9. The minimum absolute atomic E-state index is 0.0881. The number of nitrogens with one attached hydrogen (secondary N) is 2. The van der Waals surface area contributed by atoms with Crippen LogP contribution >= 0.6 is 0 Å². The van der Waals surface area contributed by atoms with Crippen LogP contribution in [0.3, 0.4) is 0 Å². The molecule has 1 aromatic heterocycles. The van der Waals surface area contributed by atoms with Crippen LogP contribution in [-0.4, -0.2) is 63.9 Å². The number of aromatic nitrogens is 1. The standard InChI is InChI=1S/C24H30N4O3.C2HF3O2/c1-3-18-6-8-19(9-7-18)27-23(30)28-14-12-24(17(2)16-28)11-10-21(31-24)22(29)26-20-5-4-13-25-15-20;3-2(4,5)1(6)7/h4-9,13,15,17,21H,3,10-12,14,16H2,1-2H3,(H,26,29)(H,27,30);(H,6,7). The van der Waals surface area contributed by atoms with Gasteiger partial charge in [0, 0.05) is 30.9 Å². The molecule has 3 amide bonds. The van der Waals surface area contributed by atoms with E-state index in [-0.39, 0.29) is 23.5 Å². The van der Waals surface area contributed by atoms with Crippen LogP contribution in [0.2, 0.25) is 0 Å². The fraction of sp³-hybridized carbons (Fsp3) is 0.462. The van der Waals surface area contributed by atoms with E-state index in [2.05, 4.69) is 29.5 Å². The first-order valence-electron chi connectivity index (χ1n) is 12.3. The van der Waals surface area contributed by atoms with Crippen LogP contribution in [0, 0.1) is 5.92 Å². The molecule has 2 aliphatic heterocycles. The Hall–Kier alpha value is -3.67. The molecule has 3 unspecified atom stereocenters. The second-order valence-corrected chi connectivity index (χ2v) is 9.32. The van der Waals surface area contributed by atoms with Gasteiger partial charge in [-0.15, -0.1) is 0 Å². The Labute approximate surface area is 218 Å². The Kier molecular flexibility index (Phi) is 9.31. The van der Waals surface area contributed by atoms with Gasteiger partial charge in [0.15, 0.2) is 0 Å². The number of ether oxygens (including phenoxy) is 1. The lowest BCUT2D eigenvalue weighted by Gasteiger charge is -2.44. The second kappa shape index (κ2) is 12.2. The topological polar surface area (TPSA) is 121 Å². The summed E-state index contributed by atoms with van der Waals surface area (Å²) < 4.78 is 38.1. The van der Waals surface area contributed by atoms with Gasteiger partial charge in [0.25, 0.3) is 5.91 Å². The van der Waals surface area contributed by atoms with Crippen molar-refractivity contribution in [3.63, 3.8) is 0 Å². The number of alkyl halides is 3. The zero-order valence-electron chi connectivity index (χ0n) is 21.1. The van der Waals surface area contributed by atoms with Crippen LogP contribution in [0.25, 0.3) is 0 Å². The molecule has 2 fully saturated rings. The molecular weight excluding hydrogens is 505 g/mol. The maximum atomic E-state index is 12.8. The van der Waals surface area contributed by atoms with E-state index in [0.29, 0.717) is 25.2 Å². The van der Waals surface area contributed by atoms with E-state index in [1.807, 2.05) is 35.2 Å². The Bertz CT molecular complexity index is 1110. The van der Waals surface area contributed by atoms with Gasteiger partial charge in [-0.05, 0) is 55.5 Å². The third-order valence-electron chi connectivity index (χ3n) is 6.77. The van der Waals surface area contributed by atoms with Crippen molar-refractivity contribution >= 4 is 29.3 Å². The van der Waals surface area contributed by atoms with Gasteiger partial charge in [0.2, 0.25) is 0 Å². The second-order valence-electron chi connectivity index (χ2n) is 9.32. The monoisotopic (exact) mass is 536 g/mol. The SMILES string of the molecule is CCc1ccc(NC(=O)N2CCC3(CCC(C(=O)Nc4cccnc4)O3)C(C)C2)cc1.O=C(O)C(F)(F)F. The molecule has 38 heavy (non-hydrogen) atoms. The molecule has 0 bridgehead atoms. The molecule has 4 rings (SSSR count).